The maximum absolute atomic E-state index is 12.4. The number of anilines is 3. The minimum Gasteiger partial charge on any atom is -0.354 e. The highest BCUT2D eigenvalue weighted by atomic mass is 79.9. The van der Waals surface area contributed by atoms with Crippen LogP contribution in [0.2, 0.25) is 0 Å². The van der Waals surface area contributed by atoms with Crippen LogP contribution in [0.1, 0.15) is 10.4 Å². The topological polar surface area (TPSA) is 54.0 Å². The second-order valence-electron chi connectivity index (χ2n) is 4.89. The van der Waals surface area contributed by atoms with Crippen LogP contribution in [0.3, 0.4) is 0 Å². The van der Waals surface area contributed by atoms with E-state index in [0.717, 1.165) is 21.5 Å². The van der Waals surface area contributed by atoms with E-state index in [1.807, 2.05) is 54.6 Å². The van der Waals surface area contributed by atoms with Gasteiger partial charge in [-0.3, -0.25) is 9.78 Å². The standard InChI is InChI=1S/C18H14BrN3O/c19-16-8-4-5-9-17(16)22-18(23)13-10-15(12-20-11-13)21-14-6-2-1-3-7-14/h1-12,21H,(H,22,23). The van der Waals surface area contributed by atoms with Crippen LogP contribution in [-0.4, -0.2) is 10.9 Å². The molecule has 4 nitrogen and oxygen atoms in total. The van der Waals surface area contributed by atoms with Gasteiger partial charge in [0.05, 0.1) is 23.1 Å². The van der Waals surface area contributed by atoms with E-state index in [1.54, 1.807) is 18.5 Å². The third kappa shape index (κ3) is 3.96. The van der Waals surface area contributed by atoms with Gasteiger partial charge in [0.2, 0.25) is 0 Å². The van der Waals surface area contributed by atoms with Gasteiger partial charge >= 0.3 is 0 Å². The molecule has 1 amide bonds. The van der Waals surface area contributed by atoms with E-state index in [1.165, 1.54) is 0 Å². The van der Waals surface area contributed by atoms with Gasteiger partial charge in [-0.05, 0) is 46.3 Å². The third-order valence-corrected chi connectivity index (χ3v) is 3.88. The van der Waals surface area contributed by atoms with Crippen LogP contribution in [0.4, 0.5) is 17.1 Å². The van der Waals surface area contributed by atoms with Crippen molar-refractivity contribution in [3.8, 4) is 0 Å². The molecule has 0 aliphatic carbocycles. The van der Waals surface area contributed by atoms with Crippen molar-refractivity contribution >= 4 is 38.9 Å². The zero-order chi connectivity index (χ0) is 16.1. The fourth-order valence-corrected chi connectivity index (χ4v) is 2.46. The summed E-state index contributed by atoms with van der Waals surface area (Å²) < 4.78 is 0.833. The molecule has 0 unspecified atom stereocenters. The summed E-state index contributed by atoms with van der Waals surface area (Å²) in [7, 11) is 0. The molecule has 0 spiro atoms. The van der Waals surface area contributed by atoms with Crippen molar-refractivity contribution in [2.45, 2.75) is 0 Å². The van der Waals surface area contributed by atoms with Crippen molar-refractivity contribution in [1.29, 1.82) is 0 Å². The fraction of sp³-hybridized carbons (Fsp3) is 0. The number of carbonyl (C=O) groups is 1. The van der Waals surface area contributed by atoms with E-state index in [9.17, 15) is 4.79 Å². The van der Waals surface area contributed by atoms with Gasteiger partial charge in [0, 0.05) is 16.4 Å². The van der Waals surface area contributed by atoms with Gasteiger partial charge in [-0.25, -0.2) is 0 Å². The number of hydrogen-bond donors (Lipinski definition) is 2. The van der Waals surface area contributed by atoms with E-state index in [4.69, 9.17) is 0 Å². The lowest BCUT2D eigenvalue weighted by Crippen LogP contribution is -2.12. The largest absolute Gasteiger partial charge is 0.354 e. The van der Waals surface area contributed by atoms with Gasteiger partial charge < -0.3 is 10.6 Å². The second-order valence-corrected chi connectivity index (χ2v) is 5.74. The molecule has 0 saturated heterocycles. The molecule has 0 fully saturated rings. The highest BCUT2D eigenvalue weighted by Crippen LogP contribution is 2.22. The molecule has 0 radical (unpaired) electrons. The van der Waals surface area contributed by atoms with Gasteiger partial charge in [0.25, 0.3) is 5.91 Å². The molecular formula is C18H14BrN3O. The lowest BCUT2D eigenvalue weighted by molar-refractivity contribution is 0.102. The van der Waals surface area contributed by atoms with Crippen molar-refractivity contribution in [1.82, 2.24) is 4.98 Å². The summed E-state index contributed by atoms with van der Waals surface area (Å²) in [4.78, 5) is 16.5. The van der Waals surface area contributed by atoms with E-state index >= 15 is 0 Å². The minimum atomic E-state index is -0.207. The Morgan fingerprint density at radius 3 is 2.43 bits per heavy atom. The van der Waals surface area contributed by atoms with Crippen LogP contribution >= 0.6 is 15.9 Å². The summed E-state index contributed by atoms with van der Waals surface area (Å²) in [5, 5.41) is 6.09. The number of nitrogens with zero attached hydrogens (tertiary/aromatic N) is 1. The quantitative estimate of drug-likeness (QED) is 0.693. The highest BCUT2D eigenvalue weighted by molar-refractivity contribution is 9.10. The predicted molar refractivity (Wildman–Crippen MR) is 96.1 cm³/mol. The van der Waals surface area contributed by atoms with Gasteiger partial charge in [-0.1, -0.05) is 30.3 Å². The number of halogens is 1. The number of amides is 1. The monoisotopic (exact) mass is 367 g/mol. The summed E-state index contributed by atoms with van der Waals surface area (Å²) >= 11 is 3.41. The number of benzene rings is 2. The Labute approximate surface area is 142 Å². The van der Waals surface area contributed by atoms with Crippen LogP contribution in [-0.2, 0) is 0 Å². The smallest absolute Gasteiger partial charge is 0.257 e. The van der Waals surface area contributed by atoms with E-state index in [0.29, 0.717) is 5.56 Å². The zero-order valence-corrected chi connectivity index (χ0v) is 13.7. The van der Waals surface area contributed by atoms with Crippen LogP contribution in [0, 0.1) is 0 Å². The summed E-state index contributed by atoms with van der Waals surface area (Å²) in [5.74, 6) is -0.207. The Kier molecular flexibility index (Phi) is 4.68. The third-order valence-electron chi connectivity index (χ3n) is 3.18. The summed E-state index contributed by atoms with van der Waals surface area (Å²) in [6, 6.07) is 19.0. The number of hydrogen-bond acceptors (Lipinski definition) is 3. The maximum atomic E-state index is 12.4. The summed E-state index contributed by atoms with van der Waals surface area (Å²) in [6.07, 6.45) is 3.23. The Morgan fingerprint density at radius 2 is 1.65 bits per heavy atom. The number of nitrogens with one attached hydrogen (secondary N) is 2. The van der Waals surface area contributed by atoms with Crippen LogP contribution in [0.25, 0.3) is 0 Å². The molecule has 0 saturated carbocycles. The molecule has 2 N–H and O–H groups in total. The summed E-state index contributed by atoms with van der Waals surface area (Å²) in [5.41, 5.74) is 2.91. The molecule has 1 aromatic heterocycles. The van der Waals surface area contributed by atoms with Gasteiger partial charge in [0.15, 0.2) is 0 Å². The first-order chi connectivity index (χ1) is 11.2. The molecule has 114 valence electrons. The normalized spacial score (nSPS) is 10.1. The Balaban J connectivity index is 1.77. The van der Waals surface area contributed by atoms with Crippen molar-refractivity contribution in [2.75, 3.05) is 10.6 Å². The van der Waals surface area contributed by atoms with Crippen LogP contribution in [0.5, 0.6) is 0 Å². The van der Waals surface area contributed by atoms with E-state index in [2.05, 4.69) is 31.5 Å². The number of aromatic nitrogens is 1. The van der Waals surface area contributed by atoms with Crippen molar-refractivity contribution < 1.29 is 4.79 Å². The summed E-state index contributed by atoms with van der Waals surface area (Å²) in [6.45, 7) is 0. The molecule has 1 heterocycles. The molecule has 0 bridgehead atoms. The molecule has 0 aliphatic heterocycles. The molecule has 2 aromatic carbocycles. The Bertz CT molecular complexity index is 821. The highest BCUT2D eigenvalue weighted by Gasteiger charge is 2.09. The van der Waals surface area contributed by atoms with Gasteiger partial charge in [0.1, 0.15) is 0 Å². The molecular weight excluding hydrogens is 354 g/mol. The molecule has 5 heteroatoms. The van der Waals surface area contributed by atoms with Crippen molar-refractivity contribution in [2.24, 2.45) is 0 Å². The molecule has 3 rings (SSSR count). The molecule has 0 atom stereocenters. The lowest BCUT2D eigenvalue weighted by atomic mass is 10.2. The van der Waals surface area contributed by atoms with Gasteiger partial charge in [-0.2, -0.15) is 0 Å². The average molecular weight is 368 g/mol. The maximum Gasteiger partial charge on any atom is 0.257 e. The first-order valence-electron chi connectivity index (χ1n) is 7.05. The molecule has 3 aromatic rings. The fourth-order valence-electron chi connectivity index (χ4n) is 2.08. The van der Waals surface area contributed by atoms with E-state index < -0.39 is 0 Å². The Hall–Kier alpha value is -2.66. The number of para-hydroxylation sites is 2. The average Bonchev–Trinajstić information content (AvgIpc) is 2.58. The second kappa shape index (κ2) is 7.07. The lowest BCUT2D eigenvalue weighted by Gasteiger charge is -2.09. The molecule has 0 aliphatic rings. The van der Waals surface area contributed by atoms with Crippen molar-refractivity contribution in [3.05, 3.63) is 83.1 Å². The zero-order valence-electron chi connectivity index (χ0n) is 12.2. The Morgan fingerprint density at radius 1 is 0.913 bits per heavy atom. The number of carbonyl (C=O) groups excluding carboxylic acids is 1. The van der Waals surface area contributed by atoms with Crippen molar-refractivity contribution in [3.63, 3.8) is 0 Å². The first kappa shape index (κ1) is 15.2. The number of pyridine rings is 1. The predicted octanol–water partition coefficient (Wildman–Crippen LogP) is 4.84. The minimum absolute atomic E-state index is 0.207. The number of rotatable bonds is 4. The SMILES string of the molecule is O=C(Nc1ccccc1Br)c1cncc(Nc2ccccc2)c1. The molecule has 23 heavy (non-hydrogen) atoms. The van der Waals surface area contributed by atoms with Crippen LogP contribution in [0.15, 0.2) is 77.5 Å². The van der Waals surface area contributed by atoms with E-state index in [-0.39, 0.29) is 5.91 Å². The van der Waals surface area contributed by atoms with Gasteiger partial charge in [-0.15, -0.1) is 0 Å². The first-order valence-corrected chi connectivity index (χ1v) is 7.85. The van der Waals surface area contributed by atoms with Crippen LogP contribution < -0.4 is 10.6 Å².